The monoisotopic (exact) mass is 201 g/mol. The summed E-state index contributed by atoms with van der Waals surface area (Å²) < 4.78 is 5.45. The van der Waals surface area contributed by atoms with Crippen LogP contribution in [0.2, 0.25) is 0 Å². The number of rotatable bonds is 5. The third kappa shape index (κ3) is 4.58. The van der Waals surface area contributed by atoms with Crippen LogP contribution in [0.3, 0.4) is 0 Å². The van der Waals surface area contributed by atoms with Gasteiger partial charge in [0.25, 0.3) is 5.91 Å². The third-order valence-electron chi connectivity index (χ3n) is 2.23. The van der Waals surface area contributed by atoms with Gasteiger partial charge in [-0.1, -0.05) is 0 Å². The van der Waals surface area contributed by atoms with Crippen LogP contribution in [-0.2, 0) is 9.53 Å². The van der Waals surface area contributed by atoms with E-state index in [9.17, 15) is 4.79 Å². The first-order valence-electron chi connectivity index (χ1n) is 5.41. The summed E-state index contributed by atoms with van der Waals surface area (Å²) in [6.07, 6.45) is 2.67. The number of amides is 1. The van der Waals surface area contributed by atoms with Crippen molar-refractivity contribution in [1.29, 1.82) is 0 Å². The van der Waals surface area contributed by atoms with Crippen LogP contribution in [0.1, 0.15) is 26.7 Å². The number of hydrogen-bond acceptors (Lipinski definition) is 2. The Balaban J connectivity index is 1.99. The number of nitrogens with one attached hydrogen (secondary N) is 1. The molecule has 0 aromatic carbocycles. The molecule has 4 nitrogen and oxygen atoms in total. The van der Waals surface area contributed by atoms with Crippen LogP contribution < -0.4 is 10.6 Å². The lowest BCUT2D eigenvalue weighted by atomic mass is 10.2. The molecule has 1 heterocycles. The summed E-state index contributed by atoms with van der Waals surface area (Å²) in [5.74, 6) is 0.109. The highest BCUT2D eigenvalue weighted by atomic mass is 16.5. The molecule has 0 aromatic rings. The van der Waals surface area contributed by atoms with Crippen molar-refractivity contribution < 1.29 is 14.8 Å². The van der Waals surface area contributed by atoms with Crippen molar-refractivity contribution in [2.24, 2.45) is 0 Å². The zero-order valence-corrected chi connectivity index (χ0v) is 9.08. The van der Waals surface area contributed by atoms with Gasteiger partial charge >= 0.3 is 0 Å². The van der Waals surface area contributed by atoms with Gasteiger partial charge in [0.2, 0.25) is 0 Å². The Hall–Kier alpha value is -0.610. The Labute approximate surface area is 85.4 Å². The molecule has 0 spiro atoms. The average molecular weight is 201 g/mol. The Morgan fingerprint density at radius 3 is 3.00 bits per heavy atom. The summed E-state index contributed by atoms with van der Waals surface area (Å²) in [5, 5.41) is 4.88. The molecule has 0 saturated carbocycles. The Morgan fingerprint density at radius 1 is 1.64 bits per heavy atom. The van der Waals surface area contributed by atoms with Crippen LogP contribution in [0.25, 0.3) is 0 Å². The molecule has 0 aromatic heterocycles. The van der Waals surface area contributed by atoms with Gasteiger partial charge in [0.15, 0.2) is 6.54 Å². The van der Waals surface area contributed by atoms with E-state index in [4.69, 9.17) is 4.74 Å². The van der Waals surface area contributed by atoms with Crippen molar-refractivity contribution in [2.75, 3.05) is 19.7 Å². The molecule has 1 amide bonds. The van der Waals surface area contributed by atoms with Crippen LogP contribution in [0, 0.1) is 0 Å². The summed E-state index contributed by atoms with van der Waals surface area (Å²) in [4.78, 5) is 11.2. The maximum Gasteiger partial charge on any atom is 0.275 e. The second-order valence-electron chi connectivity index (χ2n) is 4.09. The number of nitrogens with two attached hydrogens (primary N) is 1. The minimum Gasteiger partial charge on any atom is -0.372 e. The molecule has 1 aliphatic rings. The number of carbonyl (C=O) groups excluding carboxylic acids is 1. The maximum atomic E-state index is 11.2. The minimum atomic E-state index is 0.109. The first-order chi connectivity index (χ1) is 6.68. The van der Waals surface area contributed by atoms with Crippen LogP contribution in [-0.4, -0.2) is 37.7 Å². The van der Waals surface area contributed by atoms with E-state index in [1.54, 1.807) is 0 Å². The van der Waals surface area contributed by atoms with Gasteiger partial charge in [0.05, 0.1) is 0 Å². The normalized spacial score (nSPS) is 21.5. The predicted octanol–water partition coefficient (Wildman–Crippen LogP) is -0.747. The fourth-order valence-electron chi connectivity index (χ4n) is 1.61. The molecular formula is C10H21N2O2+. The fraction of sp³-hybridized carbons (Fsp3) is 0.900. The number of carbonyl (C=O) groups is 1. The molecule has 82 valence electrons. The largest absolute Gasteiger partial charge is 0.372 e. The van der Waals surface area contributed by atoms with E-state index in [-0.39, 0.29) is 11.9 Å². The van der Waals surface area contributed by atoms with E-state index in [2.05, 4.69) is 5.32 Å². The van der Waals surface area contributed by atoms with E-state index in [1.165, 1.54) is 0 Å². The number of hydrogen-bond donors (Lipinski definition) is 2. The molecule has 0 bridgehead atoms. The van der Waals surface area contributed by atoms with Gasteiger partial charge in [-0.25, -0.2) is 0 Å². The second kappa shape index (κ2) is 5.98. The van der Waals surface area contributed by atoms with Gasteiger partial charge in [-0.3, -0.25) is 4.79 Å². The lowest BCUT2D eigenvalue weighted by Gasteiger charge is -2.09. The van der Waals surface area contributed by atoms with Crippen molar-refractivity contribution in [3.63, 3.8) is 0 Å². The van der Waals surface area contributed by atoms with E-state index in [0.717, 1.165) is 26.0 Å². The Morgan fingerprint density at radius 2 is 2.43 bits per heavy atom. The summed E-state index contributed by atoms with van der Waals surface area (Å²) in [6, 6.07) is 0.235. The van der Waals surface area contributed by atoms with Crippen molar-refractivity contribution in [1.82, 2.24) is 5.32 Å². The van der Waals surface area contributed by atoms with Gasteiger partial charge in [0, 0.05) is 12.6 Å². The van der Waals surface area contributed by atoms with Crippen LogP contribution in [0.15, 0.2) is 0 Å². The molecule has 1 atom stereocenters. The van der Waals surface area contributed by atoms with E-state index < -0.39 is 0 Å². The highest BCUT2D eigenvalue weighted by Crippen LogP contribution is 2.08. The van der Waals surface area contributed by atoms with E-state index in [0.29, 0.717) is 12.6 Å². The molecule has 1 fully saturated rings. The van der Waals surface area contributed by atoms with Crippen LogP contribution >= 0.6 is 0 Å². The third-order valence-corrected chi connectivity index (χ3v) is 2.23. The highest BCUT2D eigenvalue weighted by Gasteiger charge is 2.17. The van der Waals surface area contributed by atoms with E-state index in [1.807, 2.05) is 19.2 Å². The van der Waals surface area contributed by atoms with Crippen LogP contribution in [0.5, 0.6) is 0 Å². The Kier molecular flexibility index (Phi) is 4.90. The quantitative estimate of drug-likeness (QED) is 0.615. The standard InChI is InChI=1S/C10H20N2O2/c1-8(2)12-10(13)7-11-6-9-4-3-5-14-9/h8-9,11H,3-7H2,1-2H3,(H,12,13)/p+1/t9-/m0/s1. The minimum absolute atomic E-state index is 0.109. The smallest absolute Gasteiger partial charge is 0.275 e. The molecule has 1 aliphatic heterocycles. The molecule has 1 saturated heterocycles. The molecule has 0 radical (unpaired) electrons. The van der Waals surface area contributed by atoms with Crippen molar-refractivity contribution in [2.45, 2.75) is 38.8 Å². The molecule has 1 rings (SSSR count). The Bertz CT molecular complexity index is 177. The molecule has 14 heavy (non-hydrogen) atoms. The topological polar surface area (TPSA) is 54.9 Å². The lowest BCUT2D eigenvalue weighted by Crippen LogP contribution is -2.88. The summed E-state index contributed by atoms with van der Waals surface area (Å²) in [5.41, 5.74) is 0. The van der Waals surface area contributed by atoms with E-state index >= 15 is 0 Å². The highest BCUT2D eigenvalue weighted by molar-refractivity contribution is 5.76. The van der Waals surface area contributed by atoms with Crippen LogP contribution in [0.4, 0.5) is 0 Å². The first kappa shape index (κ1) is 11.5. The fourth-order valence-corrected chi connectivity index (χ4v) is 1.61. The molecule has 4 heteroatoms. The SMILES string of the molecule is CC(C)NC(=O)C[NH2+]C[C@@H]1CCCO1. The predicted molar refractivity (Wildman–Crippen MR) is 53.9 cm³/mol. The summed E-state index contributed by atoms with van der Waals surface area (Å²) in [6.45, 7) is 6.25. The van der Waals surface area contributed by atoms with Gasteiger partial charge in [-0.2, -0.15) is 0 Å². The van der Waals surface area contributed by atoms with Gasteiger partial charge < -0.3 is 15.4 Å². The van der Waals surface area contributed by atoms with Gasteiger partial charge in [0.1, 0.15) is 12.6 Å². The second-order valence-corrected chi connectivity index (χ2v) is 4.09. The molecule has 0 aliphatic carbocycles. The number of quaternary nitrogens is 1. The van der Waals surface area contributed by atoms with Gasteiger partial charge in [-0.05, 0) is 26.7 Å². The van der Waals surface area contributed by atoms with Gasteiger partial charge in [-0.15, -0.1) is 0 Å². The molecule has 3 N–H and O–H groups in total. The average Bonchev–Trinajstić information content (AvgIpc) is 2.55. The lowest BCUT2D eigenvalue weighted by molar-refractivity contribution is -0.650. The summed E-state index contributed by atoms with van der Waals surface area (Å²) >= 11 is 0. The first-order valence-corrected chi connectivity index (χ1v) is 5.41. The van der Waals surface area contributed by atoms with Crippen molar-refractivity contribution in [3.05, 3.63) is 0 Å². The zero-order valence-electron chi connectivity index (χ0n) is 9.08. The zero-order chi connectivity index (χ0) is 10.4. The maximum absolute atomic E-state index is 11.2. The number of ether oxygens (including phenoxy) is 1. The van der Waals surface area contributed by atoms with Crippen molar-refractivity contribution >= 4 is 5.91 Å². The van der Waals surface area contributed by atoms with Crippen molar-refractivity contribution in [3.8, 4) is 0 Å². The molecule has 0 unspecified atom stereocenters. The summed E-state index contributed by atoms with van der Waals surface area (Å²) in [7, 11) is 0. The molecular weight excluding hydrogens is 180 g/mol.